The van der Waals surface area contributed by atoms with Gasteiger partial charge in [0.1, 0.15) is 5.82 Å². The van der Waals surface area contributed by atoms with Crippen LogP contribution in [0.15, 0.2) is 24.3 Å². The Labute approximate surface area is 112 Å². The van der Waals surface area contributed by atoms with Gasteiger partial charge < -0.3 is 10.1 Å². The summed E-state index contributed by atoms with van der Waals surface area (Å²) in [7, 11) is 0. The second-order valence-electron chi connectivity index (χ2n) is 4.98. The molecule has 0 bridgehead atoms. The van der Waals surface area contributed by atoms with Gasteiger partial charge in [-0.05, 0) is 26.0 Å². The van der Waals surface area contributed by atoms with Crippen LogP contribution in [0.25, 0.3) is 0 Å². The third-order valence-electron chi connectivity index (χ3n) is 3.01. The Kier molecular flexibility index (Phi) is 4.50. The van der Waals surface area contributed by atoms with Crippen molar-refractivity contribution in [3.63, 3.8) is 0 Å². The largest absolute Gasteiger partial charge is 0.373 e. The van der Waals surface area contributed by atoms with Gasteiger partial charge in [0.2, 0.25) is 5.91 Å². The number of carbonyl (C=O) groups excluding carboxylic acids is 1. The monoisotopic (exact) mass is 266 g/mol. The van der Waals surface area contributed by atoms with Gasteiger partial charge in [-0.1, -0.05) is 12.1 Å². The van der Waals surface area contributed by atoms with E-state index in [2.05, 4.69) is 5.32 Å². The molecule has 1 amide bonds. The third-order valence-corrected chi connectivity index (χ3v) is 3.01. The van der Waals surface area contributed by atoms with E-state index in [0.29, 0.717) is 0 Å². The van der Waals surface area contributed by atoms with Crippen molar-refractivity contribution in [2.24, 2.45) is 0 Å². The summed E-state index contributed by atoms with van der Waals surface area (Å²) in [6.45, 7) is 5.66. The molecule has 2 rings (SSSR count). The fraction of sp³-hybridized carbons (Fsp3) is 0.500. The summed E-state index contributed by atoms with van der Waals surface area (Å²) in [5.41, 5.74) is 0.224. The van der Waals surface area contributed by atoms with Crippen LogP contribution >= 0.6 is 0 Å². The number of benzene rings is 1. The smallest absolute Gasteiger partial charge is 0.238 e. The maximum Gasteiger partial charge on any atom is 0.238 e. The molecule has 2 atom stereocenters. The van der Waals surface area contributed by atoms with Gasteiger partial charge in [0.05, 0.1) is 24.4 Å². The average molecular weight is 266 g/mol. The fourth-order valence-electron chi connectivity index (χ4n) is 2.37. The molecule has 4 nitrogen and oxygen atoms in total. The number of halogens is 1. The minimum atomic E-state index is -0.417. The van der Waals surface area contributed by atoms with Gasteiger partial charge in [0, 0.05) is 13.1 Å². The number of nitrogens with zero attached hydrogens (tertiary/aromatic N) is 1. The first-order chi connectivity index (χ1) is 9.04. The zero-order chi connectivity index (χ0) is 13.8. The van der Waals surface area contributed by atoms with Crippen LogP contribution in [0.2, 0.25) is 0 Å². The standard InChI is InChI=1S/C14H19FN2O2/c1-10-7-17(8-11(2)19-10)9-14(18)16-13-6-4-3-5-12(13)15/h3-6,10-11H,7-9H2,1-2H3,(H,16,18)/t10-,11-/m0/s1. The summed E-state index contributed by atoms with van der Waals surface area (Å²) in [5, 5.41) is 2.59. The summed E-state index contributed by atoms with van der Waals surface area (Å²) < 4.78 is 19.0. The molecule has 0 unspecified atom stereocenters. The molecule has 5 heteroatoms. The van der Waals surface area contributed by atoms with Gasteiger partial charge in [-0.3, -0.25) is 9.69 Å². The number of hydrogen-bond donors (Lipinski definition) is 1. The lowest BCUT2D eigenvalue weighted by Gasteiger charge is -2.34. The molecule has 104 valence electrons. The van der Waals surface area contributed by atoms with Gasteiger partial charge in [-0.25, -0.2) is 4.39 Å². The first-order valence-corrected chi connectivity index (χ1v) is 6.47. The third kappa shape index (κ3) is 4.01. The highest BCUT2D eigenvalue weighted by atomic mass is 19.1. The minimum absolute atomic E-state index is 0.116. The van der Waals surface area contributed by atoms with E-state index in [-0.39, 0.29) is 30.3 Å². The predicted molar refractivity (Wildman–Crippen MR) is 71.5 cm³/mol. The molecule has 1 aliphatic heterocycles. The van der Waals surface area contributed by atoms with Crippen LogP contribution < -0.4 is 5.32 Å². The second-order valence-corrected chi connectivity index (χ2v) is 4.98. The Bertz CT molecular complexity index is 443. The highest BCUT2D eigenvalue weighted by Gasteiger charge is 2.23. The van der Waals surface area contributed by atoms with Crippen molar-refractivity contribution >= 4 is 11.6 Å². The maximum atomic E-state index is 13.4. The van der Waals surface area contributed by atoms with Gasteiger partial charge in [-0.2, -0.15) is 0 Å². The Balaban J connectivity index is 1.89. The first-order valence-electron chi connectivity index (χ1n) is 6.47. The first kappa shape index (κ1) is 14.0. The van der Waals surface area contributed by atoms with Crippen molar-refractivity contribution in [1.29, 1.82) is 0 Å². The number of rotatable bonds is 3. The molecule has 1 N–H and O–H groups in total. The number of para-hydroxylation sites is 1. The topological polar surface area (TPSA) is 41.6 Å². The molecule has 1 fully saturated rings. The minimum Gasteiger partial charge on any atom is -0.373 e. The molecule has 0 radical (unpaired) electrons. The second kappa shape index (κ2) is 6.12. The highest BCUT2D eigenvalue weighted by molar-refractivity contribution is 5.92. The number of amides is 1. The Morgan fingerprint density at radius 2 is 2.00 bits per heavy atom. The highest BCUT2D eigenvalue weighted by Crippen LogP contribution is 2.13. The Morgan fingerprint density at radius 3 is 2.63 bits per heavy atom. The predicted octanol–water partition coefficient (Wildman–Crippen LogP) is 1.87. The molecule has 0 spiro atoms. The zero-order valence-electron chi connectivity index (χ0n) is 11.2. The van der Waals surface area contributed by atoms with Crippen molar-refractivity contribution in [3.8, 4) is 0 Å². The summed E-state index contributed by atoms with van der Waals surface area (Å²) >= 11 is 0. The Hall–Kier alpha value is -1.46. The van der Waals surface area contributed by atoms with Crippen molar-refractivity contribution < 1.29 is 13.9 Å². The molecule has 1 aromatic carbocycles. The number of carbonyl (C=O) groups is 1. The van der Waals surface area contributed by atoms with Gasteiger partial charge >= 0.3 is 0 Å². The number of anilines is 1. The van der Waals surface area contributed by atoms with Gasteiger partial charge in [-0.15, -0.1) is 0 Å². The van der Waals surface area contributed by atoms with Crippen LogP contribution in [-0.2, 0) is 9.53 Å². The number of hydrogen-bond acceptors (Lipinski definition) is 3. The van der Waals surface area contributed by atoms with Gasteiger partial charge in [0.15, 0.2) is 0 Å². The molecule has 0 saturated carbocycles. The van der Waals surface area contributed by atoms with Crippen LogP contribution in [0.4, 0.5) is 10.1 Å². The molecule has 1 aromatic rings. The van der Waals surface area contributed by atoms with Crippen molar-refractivity contribution in [2.45, 2.75) is 26.1 Å². The molecular weight excluding hydrogens is 247 g/mol. The zero-order valence-corrected chi connectivity index (χ0v) is 11.2. The summed E-state index contributed by atoms with van der Waals surface area (Å²) in [5.74, 6) is -0.619. The van der Waals surface area contributed by atoms with E-state index in [1.165, 1.54) is 6.07 Å². The van der Waals surface area contributed by atoms with Crippen LogP contribution in [0.1, 0.15) is 13.8 Å². The van der Waals surface area contributed by atoms with E-state index in [1.807, 2.05) is 18.7 Å². The van der Waals surface area contributed by atoms with E-state index < -0.39 is 5.82 Å². The van der Waals surface area contributed by atoms with Crippen molar-refractivity contribution in [2.75, 3.05) is 25.0 Å². The quantitative estimate of drug-likeness (QED) is 0.908. The summed E-state index contributed by atoms with van der Waals surface area (Å²) in [6.07, 6.45) is 0.232. The van der Waals surface area contributed by atoms with Crippen LogP contribution in [0.3, 0.4) is 0 Å². The van der Waals surface area contributed by atoms with E-state index in [4.69, 9.17) is 4.74 Å². The van der Waals surface area contributed by atoms with Crippen LogP contribution in [0.5, 0.6) is 0 Å². The van der Waals surface area contributed by atoms with Crippen molar-refractivity contribution in [3.05, 3.63) is 30.1 Å². The average Bonchev–Trinajstić information content (AvgIpc) is 2.30. The number of ether oxygens (including phenoxy) is 1. The van der Waals surface area contributed by atoms with Gasteiger partial charge in [0.25, 0.3) is 0 Å². The number of morpholine rings is 1. The molecule has 1 saturated heterocycles. The number of nitrogens with one attached hydrogen (secondary N) is 1. The summed E-state index contributed by atoms with van der Waals surface area (Å²) in [6, 6.07) is 6.17. The van der Waals surface area contributed by atoms with E-state index in [1.54, 1.807) is 18.2 Å². The van der Waals surface area contributed by atoms with E-state index in [9.17, 15) is 9.18 Å². The lowest BCUT2D eigenvalue weighted by Crippen LogP contribution is -2.48. The fourth-order valence-corrected chi connectivity index (χ4v) is 2.37. The SMILES string of the molecule is C[C@H]1CN(CC(=O)Nc2ccccc2F)C[C@H](C)O1. The lowest BCUT2D eigenvalue weighted by molar-refractivity contribution is -0.121. The normalized spacial score (nSPS) is 24.2. The van der Waals surface area contributed by atoms with E-state index in [0.717, 1.165) is 13.1 Å². The molecular formula is C14H19FN2O2. The molecule has 19 heavy (non-hydrogen) atoms. The Morgan fingerprint density at radius 1 is 1.37 bits per heavy atom. The van der Waals surface area contributed by atoms with Crippen LogP contribution in [0, 0.1) is 5.82 Å². The lowest BCUT2D eigenvalue weighted by atomic mass is 10.2. The van der Waals surface area contributed by atoms with E-state index >= 15 is 0 Å². The van der Waals surface area contributed by atoms with Crippen molar-refractivity contribution in [1.82, 2.24) is 4.90 Å². The molecule has 0 aromatic heterocycles. The van der Waals surface area contributed by atoms with Crippen LogP contribution in [-0.4, -0.2) is 42.6 Å². The molecule has 1 heterocycles. The maximum absolute atomic E-state index is 13.4. The summed E-state index contributed by atoms with van der Waals surface area (Å²) in [4.78, 5) is 13.9. The molecule has 0 aliphatic carbocycles. The molecule has 1 aliphatic rings.